The van der Waals surface area contributed by atoms with Gasteiger partial charge in [-0.05, 0) is 43.4 Å². The van der Waals surface area contributed by atoms with E-state index in [1.165, 1.54) is 11.8 Å². The van der Waals surface area contributed by atoms with E-state index in [0.29, 0.717) is 16.9 Å². The summed E-state index contributed by atoms with van der Waals surface area (Å²) in [6.07, 6.45) is 1.90. The van der Waals surface area contributed by atoms with Gasteiger partial charge in [0, 0.05) is 6.07 Å². The molecule has 4 nitrogen and oxygen atoms in total. The zero-order chi connectivity index (χ0) is 13.1. The number of benzene rings is 1. The molecule has 0 aliphatic heterocycles. The number of ether oxygens (including phenoxy) is 1. The Morgan fingerprint density at radius 3 is 2.33 bits per heavy atom. The molecule has 0 aliphatic rings. The van der Waals surface area contributed by atoms with E-state index >= 15 is 0 Å². The maximum Gasteiger partial charge on any atom is 0.225 e. The minimum absolute atomic E-state index is 0.411. The van der Waals surface area contributed by atoms with E-state index in [1.807, 2.05) is 32.2 Å². The second-order valence-electron chi connectivity index (χ2n) is 4.04. The van der Waals surface area contributed by atoms with Crippen molar-refractivity contribution in [1.82, 2.24) is 9.97 Å². The van der Waals surface area contributed by atoms with Crippen molar-refractivity contribution in [3.8, 4) is 11.6 Å². The average Bonchev–Trinajstić information content (AvgIpc) is 2.26. The van der Waals surface area contributed by atoms with Crippen LogP contribution in [0.4, 0.5) is 5.82 Å². The summed E-state index contributed by atoms with van der Waals surface area (Å²) >= 11 is 1.43. The summed E-state index contributed by atoms with van der Waals surface area (Å²) in [6, 6.07) is 7.64. The van der Waals surface area contributed by atoms with E-state index < -0.39 is 0 Å². The van der Waals surface area contributed by atoms with E-state index in [9.17, 15) is 0 Å². The minimum Gasteiger partial charge on any atom is -0.439 e. The zero-order valence-electron chi connectivity index (χ0n) is 10.6. The number of anilines is 1. The van der Waals surface area contributed by atoms with Crippen molar-refractivity contribution < 1.29 is 4.74 Å². The first kappa shape index (κ1) is 12.7. The maximum absolute atomic E-state index is 5.72. The van der Waals surface area contributed by atoms with Gasteiger partial charge in [-0.25, -0.2) is 4.98 Å². The molecular formula is C13H15N3OS. The van der Waals surface area contributed by atoms with Gasteiger partial charge in [-0.2, -0.15) is 4.98 Å². The highest BCUT2D eigenvalue weighted by atomic mass is 32.2. The van der Waals surface area contributed by atoms with Crippen LogP contribution in [0.15, 0.2) is 29.4 Å². The Morgan fingerprint density at radius 1 is 1.06 bits per heavy atom. The summed E-state index contributed by atoms with van der Waals surface area (Å²) in [7, 11) is 0. The molecule has 5 heteroatoms. The maximum atomic E-state index is 5.72. The number of aryl methyl sites for hydroxylation is 2. The van der Waals surface area contributed by atoms with Gasteiger partial charge in [0.15, 0.2) is 5.16 Å². The fourth-order valence-corrected chi connectivity index (χ4v) is 2.05. The molecule has 0 saturated heterocycles. The van der Waals surface area contributed by atoms with Crippen LogP contribution >= 0.6 is 11.8 Å². The summed E-state index contributed by atoms with van der Waals surface area (Å²) in [6.45, 7) is 4.06. The van der Waals surface area contributed by atoms with Gasteiger partial charge in [-0.15, -0.1) is 0 Å². The van der Waals surface area contributed by atoms with Gasteiger partial charge in [0.2, 0.25) is 5.88 Å². The fourth-order valence-electron chi connectivity index (χ4n) is 1.68. The van der Waals surface area contributed by atoms with Gasteiger partial charge >= 0.3 is 0 Å². The fraction of sp³-hybridized carbons (Fsp3) is 0.231. The molecule has 1 aromatic heterocycles. The van der Waals surface area contributed by atoms with Gasteiger partial charge in [-0.3, -0.25) is 0 Å². The van der Waals surface area contributed by atoms with Gasteiger partial charge in [0.05, 0.1) is 0 Å². The highest BCUT2D eigenvalue weighted by Crippen LogP contribution is 2.24. The first-order valence-electron chi connectivity index (χ1n) is 5.51. The zero-order valence-corrected chi connectivity index (χ0v) is 11.4. The van der Waals surface area contributed by atoms with Crippen molar-refractivity contribution in [2.24, 2.45) is 0 Å². The minimum atomic E-state index is 0.411. The van der Waals surface area contributed by atoms with Crippen LogP contribution in [0.25, 0.3) is 0 Å². The summed E-state index contributed by atoms with van der Waals surface area (Å²) in [5.74, 6) is 1.64. The number of rotatable bonds is 3. The molecule has 0 spiro atoms. The Morgan fingerprint density at radius 2 is 1.72 bits per heavy atom. The highest BCUT2D eigenvalue weighted by molar-refractivity contribution is 7.98. The van der Waals surface area contributed by atoms with E-state index in [2.05, 4.69) is 16.0 Å². The lowest BCUT2D eigenvalue weighted by molar-refractivity contribution is 0.455. The third-order valence-corrected chi connectivity index (χ3v) is 2.85. The first-order chi connectivity index (χ1) is 8.56. The van der Waals surface area contributed by atoms with Crippen LogP contribution in [0.1, 0.15) is 11.1 Å². The molecule has 0 bridgehead atoms. The lowest BCUT2D eigenvalue weighted by Crippen LogP contribution is -1.97. The lowest BCUT2D eigenvalue weighted by atomic mass is 10.1. The lowest BCUT2D eigenvalue weighted by Gasteiger charge is -2.08. The van der Waals surface area contributed by atoms with Crippen LogP contribution in [0.3, 0.4) is 0 Å². The predicted octanol–water partition coefficient (Wildman–Crippen LogP) is 3.19. The van der Waals surface area contributed by atoms with E-state index in [0.717, 1.165) is 16.9 Å². The molecule has 0 atom stereocenters. The van der Waals surface area contributed by atoms with Crippen molar-refractivity contribution in [3.05, 3.63) is 35.4 Å². The molecular weight excluding hydrogens is 246 g/mol. The number of nitrogens with two attached hydrogens (primary N) is 1. The number of hydrogen-bond donors (Lipinski definition) is 1. The van der Waals surface area contributed by atoms with Crippen LogP contribution in [-0.4, -0.2) is 16.2 Å². The second-order valence-corrected chi connectivity index (χ2v) is 4.82. The smallest absolute Gasteiger partial charge is 0.225 e. The molecule has 0 amide bonds. The molecule has 2 rings (SSSR count). The Kier molecular flexibility index (Phi) is 3.72. The Hall–Kier alpha value is -1.75. The molecule has 1 aromatic carbocycles. The quantitative estimate of drug-likeness (QED) is 0.679. The summed E-state index contributed by atoms with van der Waals surface area (Å²) in [4.78, 5) is 8.34. The summed E-state index contributed by atoms with van der Waals surface area (Å²) in [5, 5.41) is 0.606. The predicted molar refractivity (Wildman–Crippen MR) is 74.2 cm³/mol. The molecule has 2 aromatic rings. The molecule has 0 unspecified atom stereocenters. The van der Waals surface area contributed by atoms with Crippen molar-refractivity contribution in [2.45, 2.75) is 19.0 Å². The third-order valence-electron chi connectivity index (χ3n) is 2.30. The topological polar surface area (TPSA) is 61.0 Å². The molecule has 0 fully saturated rings. The number of thioether (sulfide) groups is 1. The first-order valence-corrected chi connectivity index (χ1v) is 6.74. The van der Waals surface area contributed by atoms with Crippen LogP contribution in [-0.2, 0) is 0 Å². The molecule has 0 saturated carbocycles. The highest BCUT2D eigenvalue weighted by Gasteiger charge is 2.05. The Labute approximate surface area is 111 Å². The number of nitrogens with zero attached hydrogens (tertiary/aromatic N) is 2. The normalized spacial score (nSPS) is 10.4. The van der Waals surface area contributed by atoms with E-state index in [-0.39, 0.29) is 0 Å². The van der Waals surface area contributed by atoms with Gasteiger partial charge in [0.25, 0.3) is 0 Å². The monoisotopic (exact) mass is 261 g/mol. The van der Waals surface area contributed by atoms with Crippen LogP contribution in [0.2, 0.25) is 0 Å². The molecule has 94 valence electrons. The largest absolute Gasteiger partial charge is 0.439 e. The van der Waals surface area contributed by atoms with Gasteiger partial charge < -0.3 is 10.5 Å². The van der Waals surface area contributed by atoms with Crippen LogP contribution in [0.5, 0.6) is 11.6 Å². The average molecular weight is 261 g/mol. The van der Waals surface area contributed by atoms with Crippen molar-refractivity contribution in [3.63, 3.8) is 0 Å². The number of hydrogen-bond acceptors (Lipinski definition) is 5. The molecule has 1 heterocycles. The van der Waals surface area contributed by atoms with Gasteiger partial charge in [-0.1, -0.05) is 17.8 Å². The standard InChI is InChI=1S/C13H15N3OS/c1-8-4-9(2)6-10(5-8)17-12-7-11(14)15-13(16-12)18-3/h4-7H,1-3H3,(H2,14,15,16). The van der Waals surface area contributed by atoms with E-state index in [4.69, 9.17) is 10.5 Å². The van der Waals surface area contributed by atoms with Gasteiger partial charge in [0.1, 0.15) is 11.6 Å². The third kappa shape index (κ3) is 3.13. The molecule has 18 heavy (non-hydrogen) atoms. The van der Waals surface area contributed by atoms with Crippen LogP contribution < -0.4 is 10.5 Å². The SMILES string of the molecule is CSc1nc(N)cc(Oc2cc(C)cc(C)c2)n1. The molecule has 2 N–H and O–H groups in total. The Bertz CT molecular complexity index is 552. The van der Waals surface area contributed by atoms with Crippen LogP contribution in [0, 0.1) is 13.8 Å². The number of nitrogen functional groups attached to an aromatic ring is 1. The molecule has 0 aliphatic carbocycles. The second kappa shape index (κ2) is 5.27. The van der Waals surface area contributed by atoms with Crippen molar-refractivity contribution in [2.75, 3.05) is 12.0 Å². The van der Waals surface area contributed by atoms with E-state index in [1.54, 1.807) is 6.07 Å². The summed E-state index contributed by atoms with van der Waals surface area (Å²) in [5.41, 5.74) is 8.00. The van der Waals surface area contributed by atoms with Crippen molar-refractivity contribution >= 4 is 17.6 Å². The number of aromatic nitrogens is 2. The summed E-state index contributed by atoms with van der Waals surface area (Å²) < 4.78 is 5.72. The Balaban J connectivity index is 2.30. The van der Waals surface area contributed by atoms with Crippen molar-refractivity contribution in [1.29, 1.82) is 0 Å². The molecule has 0 radical (unpaired) electrons.